The van der Waals surface area contributed by atoms with Crippen molar-refractivity contribution in [3.63, 3.8) is 0 Å². The minimum absolute atomic E-state index is 0.136. The van der Waals surface area contributed by atoms with Crippen LogP contribution in [-0.2, 0) is 23.2 Å². The monoisotopic (exact) mass is 356 g/mol. The van der Waals surface area contributed by atoms with Gasteiger partial charge in [-0.15, -0.1) is 0 Å². The second-order valence-corrected chi connectivity index (χ2v) is 6.69. The van der Waals surface area contributed by atoms with Crippen LogP contribution in [0.5, 0.6) is 0 Å². The number of hydrogen-bond donors (Lipinski definition) is 2. The van der Waals surface area contributed by atoms with E-state index in [-0.39, 0.29) is 18.0 Å². The fraction of sp³-hybridized carbons (Fsp3) is 0.154. The molecule has 0 aliphatic carbocycles. The van der Waals surface area contributed by atoms with Crippen molar-refractivity contribution >= 4 is 26.0 Å². The Morgan fingerprint density at radius 3 is 2.45 bits per heavy atom. The SMILES string of the molecule is O=S(=O)(NCc1ccncc1)c1ccc(CO)cc1Br. The van der Waals surface area contributed by atoms with Crippen LogP contribution in [-0.4, -0.2) is 18.5 Å². The number of nitrogens with zero attached hydrogens (tertiary/aromatic N) is 1. The molecule has 20 heavy (non-hydrogen) atoms. The third-order valence-corrected chi connectivity index (χ3v) is 5.06. The summed E-state index contributed by atoms with van der Waals surface area (Å²) in [5.41, 5.74) is 1.47. The lowest BCUT2D eigenvalue weighted by Crippen LogP contribution is -2.23. The van der Waals surface area contributed by atoms with E-state index in [9.17, 15) is 8.42 Å². The van der Waals surface area contributed by atoms with E-state index < -0.39 is 10.0 Å². The molecule has 1 heterocycles. The van der Waals surface area contributed by atoms with Crippen LogP contribution in [0, 0.1) is 0 Å². The molecule has 5 nitrogen and oxygen atoms in total. The zero-order chi connectivity index (χ0) is 14.6. The number of sulfonamides is 1. The van der Waals surface area contributed by atoms with Gasteiger partial charge in [-0.3, -0.25) is 4.98 Å². The minimum Gasteiger partial charge on any atom is -0.392 e. The molecule has 7 heteroatoms. The Balaban J connectivity index is 2.18. The summed E-state index contributed by atoms with van der Waals surface area (Å²) in [5.74, 6) is 0. The van der Waals surface area contributed by atoms with Crippen molar-refractivity contribution in [3.05, 3.63) is 58.3 Å². The zero-order valence-corrected chi connectivity index (χ0v) is 12.9. The van der Waals surface area contributed by atoms with Gasteiger partial charge in [0, 0.05) is 23.4 Å². The van der Waals surface area contributed by atoms with Gasteiger partial charge in [-0.2, -0.15) is 0 Å². The van der Waals surface area contributed by atoms with Crippen molar-refractivity contribution in [3.8, 4) is 0 Å². The lowest BCUT2D eigenvalue weighted by molar-refractivity contribution is 0.281. The van der Waals surface area contributed by atoms with Crippen molar-refractivity contribution in [1.29, 1.82) is 0 Å². The maximum Gasteiger partial charge on any atom is 0.241 e. The van der Waals surface area contributed by atoms with E-state index in [0.717, 1.165) is 5.56 Å². The molecule has 1 aromatic heterocycles. The van der Waals surface area contributed by atoms with E-state index in [1.807, 2.05) is 0 Å². The molecule has 0 atom stereocenters. The summed E-state index contributed by atoms with van der Waals surface area (Å²) in [4.78, 5) is 4.02. The Labute approximate surface area is 125 Å². The maximum atomic E-state index is 12.2. The number of pyridine rings is 1. The number of rotatable bonds is 5. The van der Waals surface area contributed by atoms with Crippen LogP contribution < -0.4 is 4.72 Å². The molecule has 0 saturated heterocycles. The topological polar surface area (TPSA) is 79.3 Å². The second kappa shape index (κ2) is 6.45. The zero-order valence-electron chi connectivity index (χ0n) is 10.5. The Kier molecular flexibility index (Phi) is 4.87. The van der Waals surface area contributed by atoms with E-state index in [1.165, 1.54) is 6.07 Å². The average Bonchev–Trinajstić information content (AvgIpc) is 2.46. The normalized spacial score (nSPS) is 11.5. The van der Waals surface area contributed by atoms with Crippen molar-refractivity contribution in [2.75, 3.05) is 0 Å². The molecule has 0 spiro atoms. The summed E-state index contributed by atoms with van der Waals surface area (Å²) < 4.78 is 27.4. The molecular formula is C13H13BrN2O3S. The lowest BCUT2D eigenvalue weighted by Gasteiger charge is -2.09. The molecule has 0 radical (unpaired) electrons. The van der Waals surface area contributed by atoms with Crippen LogP contribution in [0.1, 0.15) is 11.1 Å². The van der Waals surface area contributed by atoms with Crippen LogP contribution in [0.3, 0.4) is 0 Å². The molecule has 2 N–H and O–H groups in total. The molecule has 0 aliphatic heterocycles. The molecule has 0 unspecified atom stereocenters. The van der Waals surface area contributed by atoms with E-state index in [4.69, 9.17) is 5.11 Å². The standard InChI is InChI=1S/C13H13BrN2O3S/c14-12-7-11(9-17)1-2-13(12)20(18,19)16-8-10-3-5-15-6-4-10/h1-7,16-17H,8-9H2. The predicted molar refractivity (Wildman–Crippen MR) is 78.3 cm³/mol. The number of aromatic nitrogens is 1. The summed E-state index contributed by atoms with van der Waals surface area (Å²) in [7, 11) is -3.61. The molecule has 106 valence electrons. The largest absolute Gasteiger partial charge is 0.392 e. The van der Waals surface area contributed by atoms with Gasteiger partial charge in [0.25, 0.3) is 0 Å². The molecule has 0 aliphatic rings. The Bertz CT molecular complexity index is 690. The highest BCUT2D eigenvalue weighted by atomic mass is 79.9. The number of benzene rings is 1. The maximum absolute atomic E-state index is 12.2. The summed E-state index contributed by atoms with van der Waals surface area (Å²) in [5, 5.41) is 9.02. The first kappa shape index (κ1) is 15.1. The average molecular weight is 357 g/mol. The highest BCUT2D eigenvalue weighted by Gasteiger charge is 2.17. The van der Waals surface area contributed by atoms with Gasteiger partial charge in [0.05, 0.1) is 11.5 Å². The van der Waals surface area contributed by atoms with E-state index >= 15 is 0 Å². The molecular weight excluding hydrogens is 344 g/mol. The molecule has 2 aromatic rings. The Hall–Kier alpha value is -1.28. The van der Waals surface area contributed by atoms with Gasteiger partial charge >= 0.3 is 0 Å². The van der Waals surface area contributed by atoms with Gasteiger partial charge in [0.2, 0.25) is 10.0 Å². The predicted octanol–water partition coefficient (Wildman–Crippen LogP) is 1.81. The third-order valence-electron chi connectivity index (χ3n) is 2.68. The first-order valence-corrected chi connectivity index (χ1v) is 8.08. The fourth-order valence-corrected chi connectivity index (χ4v) is 3.76. The summed E-state index contributed by atoms with van der Waals surface area (Å²) in [6.45, 7) is 0.0580. The van der Waals surface area contributed by atoms with Crippen molar-refractivity contribution in [2.45, 2.75) is 18.0 Å². The number of aliphatic hydroxyl groups is 1. The van der Waals surface area contributed by atoms with Crippen LogP contribution >= 0.6 is 15.9 Å². The molecule has 0 bridgehead atoms. The summed E-state index contributed by atoms with van der Waals surface area (Å²) in [6.07, 6.45) is 3.21. The summed E-state index contributed by atoms with van der Waals surface area (Å²) in [6, 6.07) is 8.11. The van der Waals surface area contributed by atoms with E-state index in [0.29, 0.717) is 10.0 Å². The smallest absolute Gasteiger partial charge is 0.241 e. The van der Waals surface area contributed by atoms with Gasteiger partial charge in [-0.25, -0.2) is 13.1 Å². The van der Waals surface area contributed by atoms with Crippen molar-refractivity contribution < 1.29 is 13.5 Å². The highest BCUT2D eigenvalue weighted by molar-refractivity contribution is 9.10. The van der Waals surface area contributed by atoms with Gasteiger partial charge in [0.1, 0.15) is 0 Å². The highest BCUT2D eigenvalue weighted by Crippen LogP contribution is 2.23. The Morgan fingerprint density at radius 2 is 1.85 bits per heavy atom. The number of aliphatic hydroxyl groups excluding tert-OH is 1. The van der Waals surface area contributed by atoms with Crippen LogP contribution in [0.15, 0.2) is 52.1 Å². The number of hydrogen-bond acceptors (Lipinski definition) is 4. The number of nitrogens with one attached hydrogen (secondary N) is 1. The van der Waals surface area contributed by atoms with Gasteiger partial charge in [-0.1, -0.05) is 6.07 Å². The lowest BCUT2D eigenvalue weighted by atomic mass is 10.2. The van der Waals surface area contributed by atoms with Crippen molar-refractivity contribution in [2.24, 2.45) is 0 Å². The summed E-state index contributed by atoms with van der Waals surface area (Å²) >= 11 is 3.21. The van der Waals surface area contributed by atoms with Crippen molar-refractivity contribution in [1.82, 2.24) is 9.71 Å². The number of halogens is 1. The van der Waals surface area contributed by atoms with E-state index in [1.54, 1.807) is 36.7 Å². The molecule has 1 aromatic carbocycles. The fourth-order valence-electron chi connectivity index (χ4n) is 1.62. The molecule has 0 saturated carbocycles. The third kappa shape index (κ3) is 3.63. The van der Waals surface area contributed by atoms with Gasteiger partial charge < -0.3 is 5.11 Å². The Morgan fingerprint density at radius 1 is 1.15 bits per heavy atom. The molecule has 2 rings (SSSR count). The first-order chi connectivity index (χ1) is 9.53. The molecule has 0 amide bonds. The minimum atomic E-state index is -3.61. The second-order valence-electron chi connectivity index (χ2n) is 4.10. The van der Waals surface area contributed by atoms with E-state index in [2.05, 4.69) is 25.6 Å². The quantitative estimate of drug-likeness (QED) is 0.856. The first-order valence-electron chi connectivity index (χ1n) is 5.81. The van der Waals surface area contributed by atoms with Crippen LogP contribution in [0.25, 0.3) is 0 Å². The van der Waals surface area contributed by atoms with Gasteiger partial charge in [0.15, 0.2) is 0 Å². The van der Waals surface area contributed by atoms with Crippen LogP contribution in [0.4, 0.5) is 0 Å². The van der Waals surface area contributed by atoms with Crippen LogP contribution in [0.2, 0.25) is 0 Å². The van der Waals surface area contributed by atoms with Gasteiger partial charge in [-0.05, 0) is 51.3 Å². The molecule has 0 fully saturated rings.